The number of nitrogens with zero attached hydrogens (tertiary/aromatic N) is 2. The van der Waals surface area contributed by atoms with Crippen LogP contribution < -0.4 is 5.32 Å². The van der Waals surface area contributed by atoms with Gasteiger partial charge in [0.25, 0.3) is 5.91 Å². The van der Waals surface area contributed by atoms with E-state index < -0.39 is 28.5 Å². The maximum absolute atomic E-state index is 12.4. The quantitative estimate of drug-likeness (QED) is 0.662. The SMILES string of the molecule is CCN(CC)S(=O)(=O)c1ccc(C(=O)OCC(=O)Nc2cccc(C#N)c2)cc1. The Labute approximate surface area is 169 Å². The molecule has 0 saturated heterocycles. The molecule has 0 aliphatic heterocycles. The van der Waals surface area contributed by atoms with Gasteiger partial charge < -0.3 is 10.1 Å². The lowest BCUT2D eigenvalue weighted by Crippen LogP contribution is -2.30. The second-order valence-corrected chi connectivity index (χ2v) is 7.87. The van der Waals surface area contributed by atoms with Gasteiger partial charge in [-0.25, -0.2) is 13.2 Å². The van der Waals surface area contributed by atoms with E-state index >= 15 is 0 Å². The minimum absolute atomic E-state index is 0.0767. The largest absolute Gasteiger partial charge is 0.452 e. The lowest BCUT2D eigenvalue weighted by molar-refractivity contribution is -0.119. The Morgan fingerprint density at radius 3 is 2.34 bits per heavy atom. The number of benzene rings is 2. The van der Waals surface area contributed by atoms with Crippen molar-refractivity contribution in [3.05, 3.63) is 59.7 Å². The van der Waals surface area contributed by atoms with Gasteiger partial charge in [0.2, 0.25) is 10.0 Å². The van der Waals surface area contributed by atoms with Crippen molar-refractivity contribution in [3.8, 4) is 6.07 Å². The third kappa shape index (κ3) is 5.63. The van der Waals surface area contributed by atoms with Gasteiger partial charge in [-0.3, -0.25) is 4.79 Å². The second kappa shape index (κ2) is 9.82. The van der Waals surface area contributed by atoms with Gasteiger partial charge in [0.1, 0.15) is 0 Å². The van der Waals surface area contributed by atoms with Crippen LogP contribution in [0.1, 0.15) is 29.8 Å². The Morgan fingerprint density at radius 1 is 1.10 bits per heavy atom. The van der Waals surface area contributed by atoms with Crippen LogP contribution in [0.2, 0.25) is 0 Å². The first-order valence-electron chi connectivity index (χ1n) is 8.89. The molecule has 0 aliphatic carbocycles. The summed E-state index contributed by atoms with van der Waals surface area (Å²) in [7, 11) is -3.62. The zero-order valence-electron chi connectivity index (χ0n) is 16.1. The van der Waals surface area contributed by atoms with Crippen molar-refractivity contribution in [1.29, 1.82) is 5.26 Å². The third-order valence-electron chi connectivity index (χ3n) is 4.04. The summed E-state index contributed by atoms with van der Waals surface area (Å²) in [5, 5.41) is 11.4. The summed E-state index contributed by atoms with van der Waals surface area (Å²) in [5.41, 5.74) is 0.929. The summed E-state index contributed by atoms with van der Waals surface area (Å²) in [6.07, 6.45) is 0. The third-order valence-corrected chi connectivity index (χ3v) is 6.11. The number of nitriles is 1. The molecule has 0 unspecified atom stereocenters. The summed E-state index contributed by atoms with van der Waals surface area (Å²) < 4.78 is 31.2. The Bertz CT molecular complexity index is 1020. The Hall–Kier alpha value is -3.22. The monoisotopic (exact) mass is 415 g/mol. The predicted molar refractivity (Wildman–Crippen MR) is 107 cm³/mol. The molecule has 0 saturated carbocycles. The first-order chi connectivity index (χ1) is 13.8. The number of rotatable bonds is 8. The zero-order valence-corrected chi connectivity index (χ0v) is 16.9. The number of carbonyl (C=O) groups is 2. The highest BCUT2D eigenvalue weighted by Gasteiger charge is 2.22. The van der Waals surface area contributed by atoms with Crippen molar-refractivity contribution in [2.75, 3.05) is 25.0 Å². The van der Waals surface area contributed by atoms with E-state index in [9.17, 15) is 18.0 Å². The van der Waals surface area contributed by atoms with Crippen LogP contribution in [0.25, 0.3) is 0 Å². The Morgan fingerprint density at radius 2 is 1.76 bits per heavy atom. The summed E-state index contributed by atoms with van der Waals surface area (Å²) in [6, 6.07) is 13.6. The smallest absolute Gasteiger partial charge is 0.338 e. The topological polar surface area (TPSA) is 117 Å². The van der Waals surface area contributed by atoms with E-state index in [0.29, 0.717) is 24.3 Å². The van der Waals surface area contributed by atoms with Gasteiger partial charge in [0.15, 0.2) is 6.61 Å². The molecule has 0 aliphatic rings. The average molecular weight is 415 g/mol. The van der Waals surface area contributed by atoms with Gasteiger partial charge in [-0.2, -0.15) is 9.57 Å². The minimum Gasteiger partial charge on any atom is -0.452 e. The molecule has 0 bridgehead atoms. The van der Waals surface area contributed by atoms with Crippen molar-refractivity contribution >= 4 is 27.6 Å². The number of sulfonamides is 1. The number of hydrogen-bond donors (Lipinski definition) is 1. The highest BCUT2D eigenvalue weighted by Crippen LogP contribution is 2.16. The lowest BCUT2D eigenvalue weighted by atomic mass is 10.2. The van der Waals surface area contributed by atoms with Crippen LogP contribution in [0, 0.1) is 11.3 Å². The summed E-state index contributed by atoms with van der Waals surface area (Å²) in [4.78, 5) is 24.1. The number of carbonyl (C=O) groups excluding carboxylic acids is 2. The molecule has 8 nitrogen and oxygen atoms in total. The zero-order chi connectivity index (χ0) is 21.4. The van der Waals surface area contributed by atoms with Crippen molar-refractivity contribution in [3.63, 3.8) is 0 Å². The number of amides is 1. The summed E-state index contributed by atoms with van der Waals surface area (Å²) in [6.45, 7) is 3.65. The normalized spacial score (nSPS) is 11.0. The van der Waals surface area contributed by atoms with Gasteiger partial charge >= 0.3 is 5.97 Å². The van der Waals surface area contributed by atoms with Gasteiger partial charge in [-0.05, 0) is 42.5 Å². The van der Waals surface area contributed by atoms with Crippen LogP contribution in [0.3, 0.4) is 0 Å². The average Bonchev–Trinajstić information content (AvgIpc) is 2.73. The number of anilines is 1. The highest BCUT2D eigenvalue weighted by molar-refractivity contribution is 7.89. The first kappa shape index (κ1) is 22.1. The highest BCUT2D eigenvalue weighted by atomic mass is 32.2. The van der Waals surface area contributed by atoms with Crippen LogP contribution >= 0.6 is 0 Å². The second-order valence-electron chi connectivity index (χ2n) is 5.93. The van der Waals surface area contributed by atoms with Crippen LogP contribution in [0.15, 0.2) is 53.4 Å². The van der Waals surface area contributed by atoms with Gasteiger partial charge in [-0.1, -0.05) is 19.9 Å². The molecule has 0 heterocycles. The van der Waals surface area contributed by atoms with Gasteiger partial charge in [0, 0.05) is 18.8 Å². The summed E-state index contributed by atoms with van der Waals surface area (Å²) in [5.74, 6) is -1.31. The fraction of sp³-hybridized carbons (Fsp3) is 0.250. The Kier molecular flexibility index (Phi) is 7.47. The van der Waals surface area contributed by atoms with Gasteiger partial charge in [-0.15, -0.1) is 0 Å². The van der Waals surface area contributed by atoms with E-state index in [1.165, 1.54) is 34.6 Å². The number of hydrogen-bond acceptors (Lipinski definition) is 6. The minimum atomic E-state index is -3.62. The molecule has 0 atom stereocenters. The molecular formula is C20H21N3O5S. The predicted octanol–water partition coefficient (Wildman–Crippen LogP) is 2.38. The number of nitrogens with one attached hydrogen (secondary N) is 1. The maximum Gasteiger partial charge on any atom is 0.338 e. The molecular weight excluding hydrogens is 394 g/mol. The molecule has 0 fully saturated rings. The summed E-state index contributed by atoms with van der Waals surface area (Å²) >= 11 is 0. The molecule has 0 radical (unpaired) electrons. The van der Waals surface area contributed by atoms with Crippen LogP contribution in [-0.2, 0) is 19.6 Å². The number of ether oxygens (including phenoxy) is 1. The van der Waals surface area contributed by atoms with Crippen LogP contribution in [0.4, 0.5) is 5.69 Å². The molecule has 2 aromatic carbocycles. The van der Waals surface area contributed by atoms with Crippen LogP contribution in [-0.4, -0.2) is 44.3 Å². The molecule has 2 rings (SSSR count). The lowest BCUT2D eigenvalue weighted by Gasteiger charge is -2.18. The van der Waals surface area contributed by atoms with E-state index in [0.717, 1.165) is 0 Å². The molecule has 9 heteroatoms. The molecule has 29 heavy (non-hydrogen) atoms. The van der Waals surface area contributed by atoms with Gasteiger partial charge in [0.05, 0.1) is 22.1 Å². The van der Waals surface area contributed by atoms with Crippen molar-refractivity contribution in [2.45, 2.75) is 18.7 Å². The standard InChI is InChI=1S/C20H21N3O5S/c1-3-23(4-2)29(26,27)18-10-8-16(9-11-18)20(25)28-14-19(24)22-17-7-5-6-15(12-17)13-21/h5-12H,3-4,14H2,1-2H3,(H,22,24). The molecule has 1 N–H and O–H groups in total. The molecule has 1 amide bonds. The maximum atomic E-state index is 12.4. The van der Waals surface area contributed by atoms with Crippen molar-refractivity contribution in [1.82, 2.24) is 4.31 Å². The number of esters is 1. The molecule has 0 aromatic heterocycles. The van der Waals surface area contributed by atoms with E-state index in [1.807, 2.05) is 6.07 Å². The van der Waals surface area contributed by atoms with Crippen molar-refractivity contribution in [2.24, 2.45) is 0 Å². The van der Waals surface area contributed by atoms with Crippen molar-refractivity contribution < 1.29 is 22.7 Å². The van der Waals surface area contributed by atoms with E-state index in [1.54, 1.807) is 32.0 Å². The van der Waals surface area contributed by atoms with Crippen LogP contribution in [0.5, 0.6) is 0 Å². The van der Waals surface area contributed by atoms with E-state index in [4.69, 9.17) is 10.00 Å². The Balaban J connectivity index is 1.97. The molecule has 2 aromatic rings. The van der Waals surface area contributed by atoms with E-state index in [-0.39, 0.29) is 10.5 Å². The molecule has 152 valence electrons. The fourth-order valence-corrected chi connectivity index (χ4v) is 4.01. The first-order valence-corrected chi connectivity index (χ1v) is 10.3. The molecule has 0 spiro atoms. The fourth-order valence-electron chi connectivity index (χ4n) is 2.55. The van der Waals surface area contributed by atoms with E-state index in [2.05, 4.69) is 5.32 Å².